The number of nitrogens with zero attached hydrogens (tertiary/aromatic N) is 3. The van der Waals surface area contributed by atoms with Crippen LogP contribution in [0.3, 0.4) is 0 Å². The number of aliphatic imine (C=N–C) groups is 1. The van der Waals surface area contributed by atoms with E-state index >= 15 is 0 Å². The fourth-order valence-electron chi connectivity index (χ4n) is 2.33. The molecule has 0 aliphatic carbocycles. The first-order chi connectivity index (χ1) is 11.3. The second kappa shape index (κ2) is 5.66. The van der Waals surface area contributed by atoms with Gasteiger partial charge >= 0.3 is 0 Å². The van der Waals surface area contributed by atoms with Gasteiger partial charge in [0.1, 0.15) is 0 Å². The molecule has 0 saturated carbocycles. The van der Waals surface area contributed by atoms with E-state index < -0.39 is 0 Å². The van der Waals surface area contributed by atoms with Crippen LogP contribution < -0.4 is 5.32 Å². The van der Waals surface area contributed by atoms with E-state index in [2.05, 4.69) is 20.3 Å². The number of benzene rings is 1. The summed E-state index contributed by atoms with van der Waals surface area (Å²) in [5, 5.41) is 13.8. The minimum absolute atomic E-state index is 0.00618. The van der Waals surface area contributed by atoms with Gasteiger partial charge in [-0.2, -0.15) is 4.98 Å². The summed E-state index contributed by atoms with van der Waals surface area (Å²) in [6.07, 6.45) is 7.11. The van der Waals surface area contributed by atoms with Crippen LogP contribution in [-0.2, 0) is 0 Å². The van der Waals surface area contributed by atoms with E-state index in [4.69, 9.17) is 0 Å². The topological polar surface area (TPSA) is 70.4 Å². The number of hydrogen-bond donors (Lipinski definition) is 2. The number of rotatable bonds is 3. The summed E-state index contributed by atoms with van der Waals surface area (Å²) in [5.74, 6) is 0.00618. The molecule has 3 heterocycles. The van der Waals surface area contributed by atoms with Gasteiger partial charge < -0.3 is 10.4 Å². The molecule has 3 aromatic rings. The molecule has 23 heavy (non-hydrogen) atoms. The largest absolute Gasteiger partial charge is 0.492 e. The molecule has 0 fully saturated rings. The predicted molar refractivity (Wildman–Crippen MR) is 93.8 cm³/mol. The Morgan fingerprint density at radius 1 is 1.13 bits per heavy atom. The van der Waals surface area contributed by atoms with E-state index in [0.29, 0.717) is 10.0 Å². The standard InChI is InChI=1S/C17H12N4OS/c22-16-15(8-11-9-19-14-6-2-1-5-13(11)14)23-17(21-16)20-12-4-3-7-18-10-12/h1-10,22H,(H,20,21)/b11-8+. The van der Waals surface area contributed by atoms with Crippen LogP contribution in [0.1, 0.15) is 10.4 Å². The Balaban J connectivity index is 1.64. The first-order valence-electron chi connectivity index (χ1n) is 7.01. The lowest BCUT2D eigenvalue weighted by atomic mass is 10.1. The molecule has 1 aliphatic heterocycles. The average Bonchev–Trinajstić information content (AvgIpc) is 3.13. The van der Waals surface area contributed by atoms with Gasteiger partial charge in [0.15, 0.2) is 5.13 Å². The van der Waals surface area contributed by atoms with E-state index in [1.165, 1.54) is 11.3 Å². The zero-order valence-electron chi connectivity index (χ0n) is 12.0. The van der Waals surface area contributed by atoms with Crippen LogP contribution in [0.2, 0.25) is 0 Å². The molecule has 0 radical (unpaired) electrons. The highest BCUT2D eigenvalue weighted by Crippen LogP contribution is 2.36. The quantitative estimate of drug-likeness (QED) is 0.757. The number of hydrogen-bond acceptors (Lipinski definition) is 6. The van der Waals surface area contributed by atoms with E-state index in [1.54, 1.807) is 18.6 Å². The van der Waals surface area contributed by atoms with Crippen LogP contribution in [0.5, 0.6) is 5.88 Å². The van der Waals surface area contributed by atoms with E-state index in [0.717, 1.165) is 22.5 Å². The smallest absolute Gasteiger partial charge is 0.231 e. The number of aromatic hydroxyl groups is 1. The van der Waals surface area contributed by atoms with Gasteiger partial charge in [0, 0.05) is 23.5 Å². The molecule has 6 heteroatoms. The van der Waals surface area contributed by atoms with Crippen LogP contribution in [0, 0.1) is 0 Å². The van der Waals surface area contributed by atoms with Gasteiger partial charge in [-0.1, -0.05) is 29.5 Å². The van der Waals surface area contributed by atoms with Crippen LogP contribution in [0.25, 0.3) is 11.6 Å². The molecular formula is C17H12N4OS. The number of aromatic nitrogens is 2. The van der Waals surface area contributed by atoms with Crippen molar-refractivity contribution < 1.29 is 5.11 Å². The molecule has 0 unspecified atom stereocenters. The fourth-order valence-corrected chi connectivity index (χ4v) is 3.16. The summed E-state index contributed by atoms with van der Waals surface area (Å²) >= 11 is 1.38. The number of pyridine rings is 1. The highest BCUT2D eigenvalue weighted by molar-refractivity contribution is 7.16. The van der Waals surface area contributed by atoms with E-state index in [-0.39, 0.29) is 5.88 Å². The van der Waals surface area contributed by atoms with Gasteiger partial charge in [0.2, 0.25) is 5.88 Å². The molecule has 0 spiro atoms. The number of fused-ring (bicyclic) bond motifs is 1. The second-order valence-electron chi connectivity index (χ2n) is 4.95. The zero-order valence-corrected chi connectivity index (χ0v) is 12.8. The summed E-state index contributed by atoms with van der Waals surface area (Å²) in [6, 6.07) is 11.6. The van der Waals surface area contributed by atoms with Crippen molar-refractivity contribution in [3.05, 3.63) is 59.2 Å². The van der Waals surface area contributed by atoms with Gasteiger partial charge in [-0.3, -0.25) is 9.98 Å². The van der Waals surface area contributed by atoms with Crippen molar-refractivity contribution in [1.82, 2.24) is 9.97 Å². The highest BCUT2D eigenvalue weighted by atomic mass is 32.1. The maximum atomic E-state index is 10.1. The number of anilines is 2. The fraction of sp³-hybridized carbons (Fsp3) is 0. The molecule has 0 atom stereocenters. The molecule has 2 N–H and O–H groups in total. The van der Waals surface area contributed by atoms with Crippen LogP contribution in [-0.4, -0.2) is 21.3 Å². The second-order valence-corrected chi connectivity index (χ2v) is 5.98. The van der Waals surface area contributed by atoms with Gasteiger partial charge in [-0.25, -0.2) is 0 Å². The summed E-state index contributed by atoms with van der Waals surface area (Å²) in [6.45, 7) is 0. The average molecular weight is 320 g/mol. The first-order valence-corrected chi connectivity index (χ1v) is 7.83. The molecule has 112 valence electrons. The van der Waals surface area contributed by atoms with Crippen molar-refractivity contribution in [1.29, 1.82) is 0 Å². The molecular weight excluding hydrogens is 308 g/mol. The number of thiazole rings is 1. The van der Waals surface area contributed by atoms with Crippen molar-refractivity contribution in [2.24, 2.45) is 4.99 Å². The molecule has 0 bridgehead atoms. The van der Waals surface area contributed by atoms with E-state index in [9.17, 15) is 5.11 Å². The summed E-state index contributed by atoms with van der Waals surface area (Å²) in [7, 11) is 0. The molecule has 0 amide bonds. The Labute approximate surface area is 136 Å². The lowest BCUT2D eigenvalue weighted by Gasteiger charge is -1.99. The SMILES string of the molecule is Oc1nc(Nc2cccnc2)sc1/C=C1\C=Nc2ccccc21. The van der Waals surface area contributed by atoms with Crippen molar-refractivity contribution in [2.45, 2.75) is 0 Å². The maximum absolute atomic E-state index is 10.1. The minimum Gasteiger partial charge on any atom is -0.492 e. The maximum Gasteiger partial charge on any atom is 0.231 e. The Bertz CT molecular complexity index is 915. The van der Waals surface area contributed by atoms with Crippen molar-refractivity contribution >= 4 is 45.7 Å². The van der Waals surface area contributed by atoms with Gasteiger partial charge in [0.25, 0.3) is 0 Å². The third kappa shape index (κ3) is 2.72. The van der Waals surface area contributed by atoms with Crippen molar-refractivity contribution in [3.8, 4) is 5.88 Å². The van der Waals surface area contributed by atoms with Gasteiger partial charge in [0.05, 0.1) is 22.4 Å². The first kappa shape index (κ1) is 13.7. The normalized spacial score (nSPS) is 14.2. The van der Waals surface area contributed by atoms with Crippen molar-refractivity contribution in [2.75, 3.05) is 5.32 Å². The zero-order chi connectivity index (χ0) is 15.6. The Hall–Kier alpha value is -2.99. The summed E-state index contributed by atoms with van der Waals surface area (Å²) < 4.78 is 0. The molecule has 0 saturated heterocycles. The third-order valence-corrected chi connectivity index (χ3v) is 4.30. The van der Waals surface area contributed by atoms with Crippen molar-refractivity contribution in [3.63, 3.8) is 0 Å². The Morgan fingerprint density at radius 3 is 2.91 bits per heavy atom. The lowest BCUT2D eigenvalue weighted by Crippen LogP contribution is -1.88. The molecule has 4 rings (SSSR count). The lowest BCUT2D eigenvalue weighted by molar-refractivity contribution is 0.457. The van der Waals surface area contributed by atoms with Gasteiger partial charge in [-0.15, -0.1) is 0 Å². The molecule has 2 aromatic heterocycles. The van der Waals surface area contributed by atoms with E-state index in [1.807, 2.05) is 42.5 Å². The Morgan fingerprint density at radius 2 is 2.04 bits per heavy atom. The minimum atomic E-state index is 0.00618. The Kier molecular flexibility index (Phi) is 3.36. The number of allylic oxidation sites excluding steroid dienone is 1. The molecule has 5 nitrogen and oxygen atoms in total. The molecule has 1 aromatic carbocycles. The monoisotopic (exact) mass is 320 g/mol. The van der Waals surface area contributed by atoms with Crippen LogP contribution >= 0.6 is 11.3 Å². The highest BCUT2D eigenvalue weighted by Gasteiger charge is 2.14. The van der Waals surface area contributed by atoms with Crippen LogP contribution in [0.15, 0.2) is 53.8 Å². The summed E-state index contributed by atoms with van der Waals surface area (Å²) in [5.41, 5.74) is 3.79. The number of para-hydroxylation sites is 1. The predicted octanol–water partition coefficient (Wildman–Crippen LogP) is 4.24. The molecule has 1 aliphatic rings. The third-order valence-electron chi connectivity index (χ3n) is 3.39. The summed E-state index contributed by atoms with van der Waals surface area (Å²) in [4.78, 5) is 13.2. The van der Waals surface area contributed by atoms with Gasteiger partial charge in [-0.05, 0) is 24.3 Å². The number of nitrogens with one attached hydrogen (secondary N) is 1. The van der Waals surface area contributed by atoms with Crippen LogP contribution in [0.4, 0.5) is 16.5 Å².